The normalized spacial score (nSPS) is 16.9. The van der Waals surface area contributed by atoms with E-state index in [9.17, 15) is 0 Å². The van der Waals surface area contributed by atoms with Crippen molar-refractivity contribution in [3.05, 3.63) is 39.8 Å². The van der Waals surface area contributed by atoms with E-state index in [1.807, 2.05) is 24.3 Å². The Bertz CT molecular complexity index is 1000. The van der Waals surface area contributed by atoms with E-state index in [-0.39, 0.29) is 0 Å². The van der Waals surface area contributed by atoms with Gasteiger partial charge in [-0.1, -0.05) is 11.6 Å². The number of nitrogens with one attached hydrogen (secondary N) is 1. The molecule has 2 fully saturated rings. The van der Waals surface area contributed by atoms with E-state index >= 15 is 0 Å². The van der Waals surface area contributed by atoms with E-state index in [0.717, 1.165) is 42.3 Å². The molecule has 0 aliphatic carbocycles. The first-order valence-electron chi connectivity index (χ1n) is 10.6. The number of morpholine rings is 2. The zero-order chi connectivity index (χ0) is 21.8. The summed E-state index contributed by atoms with van der Waals surface area (Å²) >= 11 is 7.38. The van der Waals surface area contributed by atoms with Crippen molar-refractivity contribution < 1.29 is 9.47 Å². The SMILES string of the molecule is Clc1ncc(CNc2ccc(-c3nc(N4CCOCC4)nc(N4CCOCC4)n3)cc2)s1. The fraction of sp³-hybridized carbons (Fsp3) is 0.429. The molecule has 2 aliphatic rings. The van der Waals surface area contributed by atoms with Gasteiger partial charge < -0.3 is 24.6 Å². The highest BCUT2D eigenvalue weighted by atomic mass is 35.5. The smallest absolute Gasteiger partial charge is 0.230 e. The third kappa shape index (κ3) is 5.09. The summed E-state index contributed by atoms with van der Waals surface area (Å²) in [6.45, 7) is 6.49. The Morgan fingerprint density at radius 1 is 0.875 bits per heavy atom. The highest BCUT2D eigenvalue weighted by Crippen LogP contribution is 2.25. The molecular weight excluding hydrogens is 450 g/mol. The molecule has 2 saturated heterocycles. The van der Waals surface area contributed by atoms with Crippen molar-refractivity contribution >= 4 is 40.5 Å². The van der Waals surface area contributed by atoms with E-state index in [4.69, 9.17) is 36.0 Å². The molecule has 3 aromatic rings. The van der Waals surface area contributed by atoms with E-state index in [2.05, 4.69) is 20.1 Å². The number of hydrogen-bond acceptors (Lipinski definition) is 10. The largest absolute Gasteiger partial charge is 0.380 e. The molecular formula is C21H24ClN7O2S. The van der Waals surface area contributed by atoms with Crippen LogP contribution in [0.5, 0.6) is 0 Å². The number of hydrogen-bond donors (Lipinski definition) is 1. The molecule has 0 unspecified atom stereocenters. The fourth-order valence-electron chi connectivity index (χ4n) is 3.58. The Labute approximate surface area is 195 Å². The van der Waals surface area contributed by atoms with E-state index < -0.39 is 0 Å². The van der Waals surface area contributed by atoms with Crippen molar-refractivity contribution in [3.63, 3.8) is 0 Å². The predicted molar refractivity (Wildman–Crippen MR) is 126 cm³/mol. The Balaban J connectivity index is 1.38. The summed E-state index contributed by atoms with van der Waals surface area (Å²) in [6, 6.07) is 8.13. The number of anilines is 3. The van der Waals surface area contributed by atoms with Crippen LogP contribution in [0.2, 0.25) is 4.47 Å². The number of thiazole rings is 1. The van der Waals surface area contributed by atoms with Crippen LogP contribution in [0.3, 0.4) is 0 Å². The van der Waals surface area contributed by atoms with E-state index in [0.29, 0.717) is 55.2 Å². The van der Waals surface area contributed by atoms with Crippen LogP contribution in [0.25, 0.3) is 11.4 Å². The van der Waals surface area contributed by atoms with Gasteiger partial charge in [-0.15, -0.1) is 11.3 Å². The lowest BCUT2D eigenvalue weighted by molar-refractivity contribution is 0.121. The minimum atomic E-state index is 0.555. The van der Waals surface area contributed by atoms with Crippen LogP contribution in [0, 0.1) is 0 Å². The van der Waals surface area contributed by atoms with E-state index in [1.165, 1.54) is 11.3 Å². The van der Waals surface area contributed by atoms with Crippen LogP contribution < -0.4 is 15.1 Å². The average Bonchev–Trinajstić information content (AvgIpc) is 3.29. The molecule has 0 saturated carbocycles. The lowest BCUT2D eigenvalue weighted by Crippen LogP contribution is -2.40. The minimum Gasteiger partial charge on any atom is -0.380 e. The monoisotopic (exact) mass is 473 g/mol. The van der Waals surface area contributed by atoms with Gasteiger partial charge in [0.15, 0.2) is 10.3 Å². The highest BCUT2D eigenvalue weighted by Gasteiger charge is 2.21. The molecule has 1 N–H and O–H groups in total. The minimum absolute atomic E-state index is 0.555. The number of ether oxygens (including phenoxy) is 2. The van der Waals surface area contributed by atoms with Gasteiger partial charge in [-0.2, -0.15) is 15.0 Å². The van der Waals surface area contributed by atoms with Crippen LogP contribution in [0.15, 0.2) is 30.5 Å². The van der Waals surface area contributed by atoms with Crippen LogP contribution >= 0.6 is 22.9 Å². The summed E-state index contributed by atoms with van der Waals surface area (Å²) < 4.78 is 11.5. The number of aromatic nitrogens is 4. The highest BCUT2D eigenvalue weighted by molar-refractivity contribution is 7.15. The Hall–Kier alpha value is -2.53. The van der Waals surface area contributed by atoms with Gasteiger partial charge in [0, 0.05) is 48.5 Å². The van der Waals surface area contributed by atoms with Crippen LogP contribution in [0.1, 0.15) is 4.88 Å². The van der Waals surface area contributed by atoms with Crippen molar-refractivity contribution in [1.29, 1.82) is 0 Å². The van der Waals surface area contributed by atoms with Crippen LogP contribution in [-0.4, -0.2) is 72.5 Å². The van der Waals surface area contributed by atoms with Gasteiger partial charge in [0.2, 0.25) is 11.9 Å². The topological polar surface area (TPSA) is 88.5 Å². The van der Waals surface area contributed by atoms with Gasteiger partial charge in [0.25, 0.3) is 0 Å². The number of rotatable bonds is 6. The maximum Gasteiger partial charge on any atom is 0.230 e. The standard InChI is InChI=1S/C21H24ClN7O2S/c22-19-24-14-17(32-19)13-23-16-3-1-15(2-4-16)18-25-20(28-5-9-30-10-6-28)27-21(26-18)29-7-11-31-12-8-29/h1-4,14,23H,5-13H2. The molecule has 0 bridgehead atoms. The molecule has 1 aromatic carbocycles. The number of halogens is 1. The third-order valence-corrected chi connectivity index (χ3v) is 6.45. The lowest BCUT2D eigenvalue weighted by atomic mass is 10.2. The predicted octanol–water partition coefficient (Wildman–Crippen LogP) is 2.93. The first-order valence-corrected chi connectivity index (χ1v) is 11.8. The maximum atomic E-state index is 5.91. The second kappa shape index (κ2) is 9.95. The number of benzene rings is 1. The molecule has 2 aromatic heterocycles. The zero-order valence-electron chi connectivity index (χ0n) is 17.5. The molecule has 32 heavy (non-hydrogen) atoms. The molecule has 4 heterocycles. The second-order valence-electron chi connectivity index (χ2n) is 7.47. The number of nitrogens with zero attached hydrogens (tertiary/aromatic N) is 6. The zero-order valence-corrected chi connectivity index (χ0v) is 19.1. The van der Waals surface area contributed by atoms with Gasteiger partial charge in [-0.3, -0.25) is 0 Å². The first kappa shape index (κ1) is 21.3. The van der Waals surface area contributed by atoms with Gasteiger partial charge in [0.1, 0.15) is 0 Å². The Morgan fingerprint density at radius 3 is 2.00 bits per heavy atom. The summed E-state index contributed by atoms with van der Waals surface area (Å²) in [5.74, 6) is 2.07. The van der Waals surface area contributed by atoms with Crippen molar-refractivity contribution in [2.75, 3.05) is 67.7 Å². The fourth-order valence-corrected chi connectivity index (χ4v) is 4.50. The van der Waals surface area contributed by atoms with Gasteiger partial charge in [-0.25, -0.2) is 4.98 Å². The quantitative estimate of drug-likeness (QED) is 0.580. The van der Waals surface area contributed by atoms with Gasteiger partial charge in [-0.05, 0) is 24.3 Å². The first-order chi connectivity index (χ1) is 15.7. The van der Waals surface area contributed by atoms with Crippen LogP contribution in [-0.2, 0) is 16.0 Å². The Morgan fingerprint density at radius 2 is 1.47 bits per heavy atom. The molecule has 168 valence electrons. The molecule has 0 spiro atoms. The van der Waals surface area contributed by atoms with Crippen molar-refractivity contribution in [1.82, 2.24) is 19.9 Å². The lowest BCUT2D eigenvalue weighted by Gasteiger charge is -2.30. The van der Waals surface area contributed by atoms with E-state index in [1.54, 1.807) is 6.20 Å². The van der Waals surface area contributed by atoms with Crippen molar-refractivity contribution in [2.45, 2.75) is 6.54 Å². The summed E-state index contributed by atoms with van der Waals surface area (Å²) in [5.41, 5.74) is 1.96. The molecule has 0 atom stereocenters. The molecule has 2 aliphatic heterocycles. The summed E-state index contributed by atoms with van der Waals surface area (Å²) in [6.07, 6.45) is 1.79. The van der Waals surface area contributed by atoms with Gasteiger partial charge >= 0.3 is 0 Å². The summed E-state index contributed by atoms with van der Waals surface area (Å²) in [4.78, 5) is 23.9. The molecule has 0 amide bonds. The average molecular weight is 474 g/mol. The summed E-state index contributed by atoms with van der Waals surface area (Å²) in [5, 5.41) is 3.39. The second-order valence-corrected chi connectivity index (χ2v) is 9.17. The van der Waals surface area contributed by atoms with Crippen molar-refractivity contribution in [3.8, 4) is 11.4 Å². The van der Waals surface area contributed by atoms with Gasteiger partial charge in [0.05, 0.1) is 33.0 Å². The van der Waals surface area contributed by atoms with Crippen molar-refractivity contribution in [2.24, 2.45) is 0 Å². The Kier molecular flexibility index (Phi) is 6.63. The third-order valence-electron chi connectivity index (χ3n) is 5.33. The molecule has 0 radical (unpaired) electrons. The maximum absolute atomic E-state index is 5.91. The molecule has 9 nitrogen and oxygen atoms in total. The molecule has 5 rings (SSSR count). The van der Waals surface area contributed by atoms with Crippen LogP contribution in [0.4, 0.5) is 17.6 Å². The molecule has 11 heteroatoms. The summed E-state index contributed by atoms with van der Waals surface area (Å²) in [7, 11) is 0.